The molecule has 88 valence electrons. The second kappa shape index (κ2) is 5.82. The average molecular weight is 228 g/mol. The summed E-state index contributed by atoms with van der Waals surface area (Å²) < 4.78 is 11.9. The molecule has 0 radical (unpaired) electrons. The van der Waals surface area contributed by atoms with Gasteiger partial charge < -0.3 is 8.85 Å². The molecule has 0 fully saturated rings. The van der Waals surface area contributed by atoms with Gasteiger partial charge in [-0.05, 0) is 46.6 Å². The summed E-state index contributed by atoms with van der Waals surface area (Å²) in [5, 5.41) is 0. The van der Waals surface area contributed by atoms with Crippen LogP contribution >= 0.6 is 0 Å². The molecule has 0 bridgehead atoms. The van der Waals surface area contributed by atoms with Crippen molar-refractivity contribution in [2.45, 2.75) is 52.1 Å². The van der Waals surface area contributed by atoms with E-state index in [1.54, 1.807) is 0 Å². The van der Waals surface area contributed by atoms with Crippen molar-refractivity contribution in [3.8, 4) is 0 Å². The molecular weight excluding hydrogens is 204 g/mol. The predicted octanol–water partition coefficient (Wildman–Crippen LogP) is 3.63. The smallest absolute Gasteiger partial charge is 0.342 e. The number of rotatable bonds is 5. The molecule has 0 N–H and O–H groups in total. The van der Waals surface area contributed by atoms with Crippen LogP contribution in [0.25, 0.3) is 0 Å². The van der Waals surface area contributed by atoms with E-state index in [2.05, 4.69) is 33.4 Å². The maximum atomic E-state index is 5.96. The summed E-state index contributed by atoms with van der Waals surface area (Å²) in [5.41, 5.74) is 2.04. The van der Waals surface area contributed by atoms with E-state index < -0.39 is 8.56 Å². The van der Waals surface area contributed by atoms with Gasteiger partial charge in [0.25, 0.3) is 0 Å². The van der Waals surface area contributed by atoms with Crippen molar-refractivity contribution in [1.29, 1.82) is 0 Å². The number of hydrogen-bond donors (Lipinski definition) is 0. The van der Waals surface area contributed by atoms with Crippen molar-refractivity contribution < 1.29 is 8.85 Å². The van der Waals surface area contributed by atoms with E-state index in [1.165, 1.54) is 24.8 Å². The summed E-state index contributed by atoms with van der Waals surface area (Å²) in [6, 6.07) is 0. The molecule has 0 aromatic rings. The molecule has 0 aliphatic heterocycles. The highest BCUT2D eigenvalue weighted by Gasteiger charge is 2.41. The molecule has 0 heterocycles. The second-order valence-electron chi connectivity index (χ2n) is 4.31. The van der Waals surface area contributed by atoms with Gasteiger partial charge in [0.15, 0.2) is 0 Å². The van der Waals surface area contributed by atoms with Gasteiger partial charge in [-0.15, -0.1) is 0 Å². The Labute approximate surface area is 94.9 Å². The summed E-state index contributed by atoms with van der Waals surface area (Å²) in [5.74, 6) is 0. The molecule has 0 spiro atoms. The molecule has 1 unspecified atom stereocenters. The van der Waals surface area contributed by atoms with Crippen molar-refractivity contribution in [2.24, 2.45) is 0 Å². The second-order valence-corrected chi connectivity index (χ2v) is 7.62. The molecule has 1 rings (SSSR count). The number of allylic oxidation sites excluding steroid dienone is 2. The van der Waals surface area contributed by atoms with Crippen molar-refractivity contribution in [2.75, 3.05) is 13.2 Å². The van der Waals surface area contributed by atoms with Crippen LogP contribution in [0.15, 0.2) is 11.6 Å². The Hall–Kier alpha value is -0.123. The van der Waals surface area contributed by atoms with Gasteiger partial charge in [0, 0.05) is 18.8 Å². The Balaban J connectivity index is 2.77. The Morgan fingerprint density at radius 3 is 2.40 bits per heavy atom. The first-order valence-electron chi connectivity index (χ1n) is 6.08. The molecule has 0 amide bonds. The van der Waals surface area contributed by atoms with Crippen LogP contribution in [-0.2, 0) is 8.85 Å². The van der Waals surface area contributed by atoms with Crippen LogP contribution in [0.1, 0.15) is 40.0 Å². The van der Waals surface area contributed by atoms with Gasteiger partial charge in [-0.25, -0.2) is 0 Å². The highest BCUT2D eigenvalue weighted by atomic mass is 28.4. The Bertz CT molecular complexity index is 220. The van der Waals surface area contributed by atoms with E-state index in [1.807, 2.05) is 0 Å². The third-order valence-corrected chi connectivity index (χ3v) is 6.94. The first kappa shape index (κ1) is 12.9. The normalized spacial score (nSPS) is 22.7. The van der Waals surface area contributed by atoms with Crippen molar-refractivity contribution in [1.82, 2.24) is 0 Å². The standard InChI is InChI=1S/C12H24O2Si/c1-5-13-15(4,14-6-2)12-10-8-7-9-11(12)3/h9,12H,5-8,10H2,1-4H3. The lowest BCUT2D eigenvalue weighted by Crippen LogP contribution is -2.45. The van der Waals surface area contributed by atoms with E-state index in [4.69, 9.17) is 8.85 Å². The predicted molar refractivity (Wildman–Crippen MR) is 66.2 cm³/mol. The summed E-state index contributed by atoms with van der Waals surface area (Å²) >= 11 is 0. The van der Waals surface area contributed by atoms with Gasteiger partial charge in [0.05, 0.1) is 0 Å². The largest absolute Gasteiger partial charge is 0.394 e. The van der Waals surface area contributed by atoms with Gasteiger partial charge in [-0.3, -0.25) is 0 Å². The van der Waals surface area contributed by atoms with E-state index in [9.17, 15) is 0 Å². The van der Waals surface area contributed by atoms with E-state index in [0.717, 1.165) is 13.2 Å². The van der Waals surface area contributed by atoms with Crippen LogP contribution in [0.3, 0.4) is 0 Å². The summed E-state index contributed by atoms with van der Waals surface area (Å²) in [6.45, 7) is 10.1. The van der Waals surface area contributed by atoms with Gasteiger partial charge in [0.1, 0.15) is 0 Å². The highest BCUT2D eigenvalue weighted by molar-refractivity contribution is 6.68. The van der Waals surface area contributed by atoms with Crippen molar-refractivity contribution in [3.05, 3.63) is 11.6 Å². The lowest BCUT2D eigenvalue weighted by Gasteiger charge is -2.36. The summed E-state index contributed by atoms with van der Waals surface area (Å²) in [4.78, 5) is 0. The fraction of sp³-hybridized carbons (Fsp3) is 0.833. The minimum Gasteiger partial charge on any atom is -0.394 e. The van der Waals surface area contributed by atoms with Gasteiger partial charge in [0.2, 0.25) is 0 Å². The first-order chi connectivity index (χ1) is 7.14. The molecule has 3 heteroatoms. The average Bonchev–Trinajstić information content (AvgIpc) is 2.19. The Kier molecular flexibility index (Phi) is 5.03. The fourth-order valence-corrected chi connectivity index (χ4v) is 5.82. The molecule has 15 heavy (non-hydrogen) atoms. The maximum absolute atomic E-state index is 5.96. The van der Waals surface area contributed by atoms with Crippen LogP contribution in [-0.4, -0.2) is 21.8 Å². The highest BCUT2D eigenvalue weighted by Crippen LogP contribution is 2.39. The van der Waals surface area contributed by atoms with Crippen LogP contribution in [0.2, 0.25) is 12.1 Å². The van der Waals surface area contributed by atoms with Crippen LogP contribution in [0.4, 0.5) is 0 Å². The summed E-state index contributed by atoms with van der Waals surface area (Å²) in [7, 11) is -1.98. The Morgan fingerprint density at radius 1 is 1.33 bits per heavy atom. The SMILES string of the molecule is CCO[Si](C)(OCC)C1CCCC=C1C. The fourth-order valence-electron chi connectivity index (χ4n) is 2.51. The van der Waals surface area contributed by atoms with Crippen LogP contribution in [0, 0.1) is 0 Å². The van der Waals surface area contributed by atoms with Gasteiger partial charge in [-0.1, -0.05) is 11.6 Å². The van der Waals surface area contributed by atoms with E-state index >= 15 is 0 Å². The third-order valence-electron chi connectivity index (χ3n) is 3.21. The quantitative estimate of drug-likeness (QED) is 0.528. The lowest BCUT2D eigenvalue weighted by atomic mass is 10.0. The minimum atomic E-state index is -1.98. The molecular formula is C12H24O2Si. The van der Waals surface area contributed by atoms with Gasteiger partial charge in [-0.2, -0.15) is 0 Å². The molecule has 0 saturated carbocycles. The van der Waals surface area contributed by atoms with Crippen LogP contribution < -0.4 is 0 Å². The molecule has 2 nitrogen and oxygen atoms in total. The van der Waals surface area contributed by atoms with E-state index in [0.29, 0.717) is 5.54 Å². The zero-order chi connectivity index (χ0) is 11.3. The first-order valence-corrected chi connectivity index (χ1v) is 8.48. The third kappa shape index (κ3) is 3.16. The van der Waals surface area contributed by atoms with Crippen molar-refractivity contribution >= 4 is 8.56 Å². The molecule has 0 aromatic heterocycles. The molecule has 1 aliphatic rings. The molecule has 1 atom stereocenters. The van der Waals surface area contributed by atoms with Crippen LogP contribution in [0.5, 0.6) is 0 Å². The maximum Gasteiger partial charge on any atom is 0.342 e. The number of hydrogen-bond acceptors (Lipinski definition) is 2. The molecule has 1 aliphatic carbocycles. The zero-order valence-electron chi connectivity index (χ0n) is 10.5. The monoisotopic (exact) mass is 228 g/mol. The van der Waals surface area contributed by atoms with Crippen molar-refractivity contribution in [3.63, 3.8) is 0 Å². The minimum absolute atomic E-state index is 0.561. The van der Waals surface area contributed by atoms with Gasteiger partial charge >= 0.3 is 8.56 Å². The zero-order valence-corrected chi connectivity index (χ0v) is 11.5. The van der Waals surface area contributed by atoms with E-state index in [-0.39, 0.29) is 0 Å². The Morgan fingerprint density at radius 2 is 1.93 bits per heavy atom. The topological polar surface area (TPSA) is 18.5 Å². The molecule has 0 saturated heterocycles. The summed E-state index contributed by atoms with van der Waals surface area (Å²) in [6.07, 6.45) is 6.11. The lowest BCUT2D eigenvalue weighted by molar-refractivity contribution is 0.179. The molecule has 0 aromatic carbocycles.